The van der Waals surface area contributed by atoms with Crippen LogP contribution < -0.4 is 5.56 Å². The topological polar surface area (TPSA) is 114 Å². The van der Waals surface area contributed by atoms with Gasteiger partial charge in [-0.25, -0.2) is 14.8 Å². The van der Waals surface area contributed by atoms with E-state index >= 15 is 0 Å². The second-order valence-electron chi connectivity index (χ2n) is 6.36. The van der Waals surface area contributed by atoms with Crippen molar-refractivity contribution in [3.05, 3.63) is 69.8 Å². The Balaban J connectivity index is 1.54. The predicted octanol–water partition coefficient (Wildman–Crippen LogP) is 3.10. The molecule has 0 fully saturated rings. The molecule has 9 heteroatoms. The Bertz CT molecular complexity index is 1250. The Morgan fingerprint density at radius 3 is 2.69 bits per heavy atom. The average molecular weight is 407 g/mol. The van der Waals surface area contributed by atoms with E-state index in [4.69, 9.17) is 4.74 Å². The summed E-state index contributed by atoms with van der Waals surface area (Å²) in [5.74, 6) is 1.04. The Labute approximate surface area is 169 Å². The quantitative estimate of drug-likeness (QED) is 0.386. The third kappa shape index (κ3) is 4.04. The molecule has 0 atom stereocenters. The summed E-state index contributed by atoms with van der Waals surface area (Å²) in [6, 6.07) is 12.6. The summed E-state index contributed by atoms with van der Waals surface area (Å²) in [5, 5.41) is 8.08. The van der Waals surface area contributed by atoms with E-state index in [1.807, 2.05) is 31.2 Å². The maximum Gasteiger partial charge on any atom is 0.337 e. The minimum Gasteiger partial charge on any atom is -0.465 e. The van der Waals surface area contributed by atoms with Crippen LogP contribution in [0.1, 0.15) is 21.7 Å². The van der Waals surface area contributed by atoms with Crippen LogP contribution in [0.2, 0.25) is 0 Å². The molecule has 4 rings (SSSR count). The zero-order valence-corrected chi connectivity index (χ0v) is 16.5. The van der Waals surface area contributed by atoms with E-state index in [1.54, 1.807) is 18.2 Å². The molecule has 4 aromatic rings. The SMILES string of the molecule is COC(=O)c1ccc2c(=O)[nH]c(CSc3n[nH]c(-c4ccc(C)cc4)n3)nc2c1. The van der Waals surface area contributed by atoms with E-state index in [0.717, 1.165) is 5.56 Å². The van der Waals surface area contributed by atoms with E-state index < -0.39 is 5.97 Å². The number of nitrogens with zero attached hydrogens (tertiary/aromatic N) is 3. The average Bonchev–Trinajstić information content (AvgIpc) is 3.21. The number of esters is 1. The number of thioether (sulfide) groups is 1. The van der Waals surface area contributed by atoms with Crippen molar-refractivity contribution in [3.63, 3.8) is 0 Å². The number of rotatable bonds is 5. The fourth-order valence-electron chi connectivity index (χ4n) is 2.79. The number of aromatic amines is 2. The number of nitrogens with one attached hydrogen (secondary N) is 2. The van der Waals surface area contributed by atoms with Crippen LogP contribution in [0.15, 0.2) is 52.4 Å². The molecule has 2 N–H and O–H groups in total. The van der Waals surface area contributed by atoms with Gasteiger partial charge in [-0.2, -0.15) is 0 Å². The highest BCUT2D eigenvalue weighted by atomic mass is 32.2. The molecular formula is C20H17N5O3S. The highest BCUT2D eigenvalue weighted by molar-refractivity contribution is 7.98. The van der Waals surface area contributed by atoms with Crippen molar-refractivity contribution in [2.75, 3.05) is 7.11 Å². The number of carbonyl (C=O) groups is 1. The van der Waals surface area contributed by atoms with Crippen LogP contribution in [-0.4, -0.2) is 38.2 Å². The standard InChI is InChI=1S/C20H17N5O3S/c1-11-3-5-12(6-4-11)17-23-20(25-24-17)29-10-16-21-15-9-13(19(27)28-2)7-8-14(15)18(26)22-16/h3-9H,10H2,1-2H3,(H,21,22,26)(H,23,24,25). The van der Waals surface area contributed by atoms with Gasteiger partial charge < -0.3 is 9.72 Å². The molecule has 2 aromatic carbocycles. The van der Waals surface area contributed by atoms with Crippen molar-refractivity contribution < 1.29 is 9.53 Å². The first-order valence-corrected chi connectivity index (χ1v) is 9.75. The van der Waals surface area contributed by atoms with Gasteiger partial charge in [-0.15, -0.1) is 5.10 Å². The predicted molar refractivity (Wildman–Crippen MR) is 110 cm³/mol. The Kier molecular flexibility index (Phi) is 5.13. The van der Waals surface area contributed by atoms with E-state index in [9.17, 15) is 9.59 Å². The first kappa shape index (κ1) is 18.9. The summed E-state index contributed by atoms with van der Waals surface area (Å²) in [7, 11) is 1.31. The molecule has 0 spiro atoms. The highest BCUT2D eigenvalue weighted by Crippen LogP contribution is 2.22. The molecule has 0 bridgehead atoms. The number of aryl methyl sites for hydroxylation is 1. The number of hydrogen-bond acceptors (Lipinski definition) is 7. The van der Waals surface area contributed by atoms with E-state index in [-0.39, 0.29) is 5.56 Å². The van der Waals surface area contributed by atoms with Crippen LogP contribution >= 0.6 is 11.8 Å². The molecule has 0 aliphatic rings. The second kappa shape index (κ2) is 7.88. The molecule has 0 aliphatic carbocycles. The smallest absolute Gasteiger partial charge is 0.337 e. The van der Waals surface area contributed by atoms with E-state index in [1.165, 1.54) is 24.4 Å². The Hall–Kier alpha value is -3.46. The van der Waals surface area contributed by atoms with Gasteiger partial charge in [0.2, 0.25) is 5.16 Å². The summed E-state index contributed by atoms with van der Waals surface area (Å²) in [5.41, 5.74) is 2.63. The zero-order valence-electron chi connectivity index (χ0n) is 15.7. The van der Waals surface area contributed by atoms with Crippen LogP contribution in [0, 0.1) is 6.92 Å². The van der Waals surface area contributed by atoms with Gasteiger partial charge in [0.05, 0.1) is 29.3 Å². The maximum atomic E-state index is 12.3. The van der Waals surface area contributed by atoms with Gasteiger partial charge in [0, 0.05) is 5.56 Å². The Morgan fingerprint density at radius 1 is 1.14 bits per heavy atom. The van der Waals surface area contributed by atoms with Gasteiger partial charge >= 0.3 is 5.97 Å². The van der Waals surface area contributed by atoms with E-state index in [0.29, 0.717) is 39.0 Å². The van der Waals surface area contributed by atoms with Crippen LogP contribution in [0.25, 0.3) is 22.3 Å². The van der Waals surface area contributed by atoms with Crippen LogP contribution in [-0.2, 0) is 10.5 Å². The maximum absolute atomic E-state index is 12.3. The van der Waals surface area contributed by atoms with Crippen molar-refractivity contribution in [2.24, 2.45) is 0 Å². The summed E-state index contributed by atoms with van der Waals surface area (Å²) in [6.45, 7) is 2.02. The lowest BCUT2D eigenvalue weighted by Crippen LogP contribution is -2.12. The van der Waals surface area contributed by atoms with Crippen molar-refractivity contribution in [1.82, 2.24) is 25.1 Å². The van der Waals surface area contributed by atoms with Gasteiger partial charge in [-0.3, -0.25) is 9.89 Å². The Morgan fingerprint density at radius 2 is 1.93 bits per heavy atom. The minimum absolute atomic E-state index is 0.266. The lowest BCUT2D eigenvalue weighted by molar-refractivity contribution is 0.0601. The van der Waals surface area contributed by atoms with Crippen LogP contribution in [0.4, 0.5) is 0 Å². The lowest BCUT2D eigenvalue weighted by Gasteiger charge is -2.04. The molecule has 146 valence electrons. The largest absolute Gasteiger partial charge is 0.465 e. The van der Waals surface area contributed by atoms with Gasteiger partial charge in [-0.1, -0.05) is 41.6 Å². The molecule has 0 aliphatic heterocycles. The molecule has 0 amide bonds. The highest BCUT2D eigenvalue weighted by Gasteiger charge is 2.11. The third-order valence-electron chi connectivity index (χ3n) is 4.30. The molecule has 2 heterocycles. The summed E-state index contributed by atoms with van der Waals surface area (Å²) < 4.78 is 4.72. The van der Waals surface area contributed by atoms with Gasteiger partial charge in [-0.05, 0) is 25.1 Å². The minimum atomic E-state index is -0.478. The molecular weight excluding hydrogens is 390 g/mol. The molecule has 0 radical (unpaired) electrons. The molecule has 0 saturated carbocycles. The lowest BCUT2D eigenvalue weighted by atomic mass is 10.1. The number of aromatic nitrogens is 5. The molecule has 2 aromatic heterocycles. The third-order valence-corrected chi connectivity index (χ3v) is 5.16. The zero-order chi connectivity index (χ0) is 20.4. The van der Waals surface area contributed by atoms with Crippen LogP contribution in [0.5, 0.6) is 0 Å². The summed E-state index contributed by atoms with van der Waals surface area (Å²) in [6.07, 6.45) is 0. The van der Waals surface area contributed by atoms with Gasteiger partial charge in [0.1, 0.15) is 5.82 Å². The first-order valence-electron chi connectivity index (χ1n) is 8.77. The normalized spacial score (nSPS) is 11.0. The van der Waals surface area contributed by atoms with Crippen LogP contribution in [0.3, 0.4) is 0 Å². The number of carbonyl (C=O) groups excluding carboxylic acids is 1. The molecule has 29 heavy (non-hydrogen) atoms. The van der Waals surface area contributed by atoms with Crippen molar-refractivity contribution in [2.45, 2.75) is 17.8 Å². The van der Waals surface area contributed by atoms with Crippen molar-refractivity contribution in [3.8, 4) is 11.4 Å². The van der Waals surface area contributed by atoms with E-state index in [2.05, 4.69) is 25.1 Å². The summed E-state index contributed by atoms with van der Waals surface area (Å²) in [4.78, 5) is 35.7. The van der Waals surface area contributed by atoms with Crippen molar-refractivity contribution in [1.29, 1.82) is 0 Å². The molecule has 8 nitrogen and oxygen atoms in total. The number of hydrogen-bond donors (Lipinski definition) is 2. The fraction of sp³-hybridized carbons (Fsp3) is 0.150. The second-order valence-corrected chi connectivity index (χ2v) is 7.30. The van der Waals surface area contributed by atoms with Gasteiger partial charge in [0.25, 0.3) is 5.56 Å². The molecule has 0 unspecified atom stereocenters. The first-order chi connectivity index (χ1) is 14.0. The number of benzene rings is 2. The number of ether oxygens (including phenoxy) is 1. The number of methoxy groups -OCH3 is 1. The van der Waals surface area contributed by atoms with Gasteiger partial charge in [0.15, 0.2) is 5.82 Å². The number of H-pyrrole nitrogens is 2. The number of fused-ring (bicyclic) bond motifs is 1. The summed E-state index contributed by atoms with van der Waals surface area (Å²) >= 11 is 1.35. The fourth-order valence-corrected chi connectivity index (χ4v) is 3.45. The van der Waals surface area contributed by atoms with Crippen molar-refractivity contribution >= 4 is 28.6 Å². The molecule has 0 saturated heterocycles. The monoisotopic (exact) mass is 407 g/mol.